The topological polar surface area (TPSA) is 55.6 Å². The second-order valence-electron chi connectivity index (χ2n) is 6.59. The van der Waals surface area contributed by atoms with Gasteiger partial charge in [-0.15, -0.1) is 0 Å². The van der Waals surface area contributed by atoms with Gasteiger partial charge < -0.3 is 15.4 Å². The fourth-order valence-electron chi connectivity index (χ4n) is 3.80. The average Bonchev–Trinajstić information content (AvgIpc) is 2.61. The minimum Gasteiger partial charge on any atom is -0.496 e. The summed E-state index contributed by atoms with van der Waals surface area (Å²) in [6.07, 6.45) is 3.59. The highest BCUT2D eigenvalue weighted by Crippen LogP contribution is 2.39. The second kappa shape index (κ2) is 7.67. The number of hydrogen-bond donors (Lipinski definition) is 1. The van der Waals surface area contributed by atoms with E-state index in [0.717, 1.165) is 44.6 Å². The van der Waals surface area contributed by atoms with E-state index in [9.17, 15) is 4.79 Å². The van der Waals surface area contributed by atoms with Crippen molar-refractivity contribution in [2.45, 2.75) is 31.6 Å². The molecule has 2 N–H and O–H groups in total. The van der Waals surface area contributed by atoms with Crippen LogP contribution in [0.5, 0.6) is 5.75 Å². The van der Waals surface area contributed by atoms with Gasteiger partial charge in [-0.1, -0.05) is 30.3 Å². The van der Waals surface area contributed by atoms with E-state index in [2.05, 4.69) is 41.3 Å². The molecule has 0 radical (unpaired) electrons. The Balaban J connectivity index is 1.72. The lowest BCUT2D eigenvalue weighted by Gasteiger charge is -2.33. The highest BCUT2D eigenvalue weighted by atomic mass is 16.5. The number of benzene rings is 2. The van der Waals surface area contributed by atoms with Crippen LogP contribution in [0, 0.1) is 0 Å². The lowest BCUT2D eigenvalue weighted by atomic mass is 9.85. The van der Waals surface area contributed by atoms with Crippen LogP contribution in [0.2, 0.25) is 0 Å². The first-order valence-electron chi connectivity index (χ1n) is 8.75. The third-order valence-corrected chi connectivity index (χ3v) is 5.04. The van der Waals surface area contributed by atoms with Crippen LogP contribution in [0.1, 0.15) is 37.2 Å². The quantitative estimate of drug-likeness (QED) is 0.886. The molecule has 1 saturated heterocycles. The summed E-state index contributed by atoms with van der Waals surface area (Å²) in [6, 6.07) is 12.8. The molecule has 0 spiro atoms. The van der Waals surface area contributed by atoms with Gasteiger partial charge in [0, 0.05) is 12.0 Å². The highest BCUT2D eigenvalue weighted by Gasteiger charge is 2.24. The van der Waals surface area contributed by atoms with Gasteiger partial charge in [-0.05, 0) is 61.7 Å². The first kappa shape index (κ1) is 16.8. The molecule has 1 aliphatic rings. The maximum absolute atomic E-state index is 10.9. The van der Waals surface area contributed by atoms with Crippen molar-refractivity contribution in [1.82, 2.24) is 4.90 Å². The third-order valence-electron chi connectivity index (χ3n) is 5.04. The van der Waals surface area contributed by atoms with Crippen LogP contribution < -0.4 is 10.5 Å². The lowest BCUT2D eigenvalue weighted by molar-refractivity contribution is -0.118. The number of likely N-dealkylation sites (tertiary alicyclic amines) is 1. The number of carbonyl (C=O) groups is 1. The van der Waals surface area contributed by atoms with Gasteiger partial charge in [0.2, 0.25) is 5.91 Å². The monoisotopic (exact) mass is 326 g/mol. The molecule has 1 heterocycles. The van der Waals surface area contributed by atoms with Crippen LogP contribution in [-0.4, -0.2) is 37.6 Å². The number of piperidine rings is 1. The molecule has 2 aromatic carbocycles. The maximum atomic E-state index is 10.9. The van der Waals surface area contributed by atoms with Crippen molar-refractivity contribution in [3.05, 3.63) is 42.0 Å². The minimum absolute atomic E-state index is 0.203. The second-order valence-corrected chi connectivity index (χ2v) is 6.59. The molecule has 128 valence electrons. The average molecular weight is 326 g/mol. The van der Waals surface area contributed by atoms with E-state index in [1.54, 1.807) is 7.11 Å². The number of nitrogens with zero attached hydrogens (tertiary/aromatic N) is 1. The molecule has 0 unspecified atom stereocenters. The Morgan fingerprint density at radius 3 is 2.67 bits per heavy atom. The molecule has 0 aliphatic carbocycles. The molecule has 24 heavy (non-hydrogen) atoms. The number of fused-ring (bicyclic) bond motifs is 1. The van der Waals surface area contributed by atoms with Crippen LogP contribution in [0.4, 0.5) is 0 Å². The molecule has 3 rings (SSSR count). The van der Waals surface area contributed by atoms with Crippen molar-refractivity contribution >= 4 is 16.7 Å². The Kier molecular flexibility index (Phi) is 5.36. The number of methoxy groups -OCH3 is 1. The Bertz CT molecular complexity index is 706. The summed E-state index contributed by atoms with van der Waals surface area (Å²) in [7, 11) is 1.76. The van der Waals surface area contributed by atoms with E-state index in [1.165, 1.54) is 16.3 Å². The van der Waals surface area contributed by atoms with Crippen molar-refractivity contribution < 1.29 is 9.53 Å². The van der Waals surface area contributed by atoms with Crippen LogP contribution in [0.15, 0.2) is 36.4 Å². The fourth-order valence-corrected chi connectivity index (χ4v) is 3.80. The number of rotatable bonds is 6. The number of amides is 1. The number of carbonyl (C=O) groups excluding carboxylic acids is 1. The number of ether oxygens (including phenoxy) is 1. The van der Waals surface area contributed by atoms with E-state index in [4.69, 9.17) is 10.5 Å². The van der Waals surface area contributed by atoms with Gasteiger partial charge in [0.15, 0.2) is 0 Å². The zero-order chi connectivity index (χ0) is 16.9. The number of nitrogens with two attached hydrogens (primary N) is 1. The molecule has 0 bridgehead atoms. The Labute approximate surface area is 143 Å². The van der Waals surface area contributed by atoms with Crippen LogP contribution in [0.3, 0.4) is 0 Å². The van der Waals surface area contributed by atoms with E-state index in [-0.39, 0.29) is 5.91 Å². The highest BCUT2D eigenvalue weighted by molar-refractivity contribution is 5.88. The third kappa shape index (κ3) is 3.70. The Hall–Kier alpha value is -2.07. The van der Waals surface area contributed by atoms with Gasteiger partial charge in [0.05, 0.1) is 7.11 Å². The van der Waals surface area contributed by atoms with Gasteiger partial charge in [-0.2, -0.15) is 0 Å². The van der Waals surface area contributed by atoms with Crippen LogP contribution >= 0.6 is 0 Å². The smallest absolute Gasteiger partial charge is 0.217 e. The zero-order valence-corrected chi connectivity index (χ0v) is 14.3. The normalized spacial score (nSPS) is 16.4. The molecule has 2 aromatic rings. The summed E-state index contributed by atoms with van der Waals surface area (Å²) in [4.78, 5) is 13.3. The van der Waals surface area contributed by atoms with Crippen LogP contribution in [0.25, 0.3) is 10.8 Å². The summed E-state index contributed by atoms with van der Waals surface area (Å²) in [6.45, 7) is 3.09. The fraction of sp³-hybridized carbons (Fsp3) is 0.450. The van der Waals surface area contributed by atoms with E-state index >= 15 is 0 Å². The van der Waals surface area contributed by atoms with Crippen molar-refractivity contribution in [2.24, 2.45) is 5.73 Å². The molecule has 0 saturated carbocycles. The van der Waals surface area contributed by atoms with Gasteiger partial charge in [0.25, 0.3) is 0 Å². The Morgan fingerprint density at radius 2 is 1.96 bits per heavy atom. The summed E-state index contributed by atoms with van der Waals surface area (Å²) >= 11 is 0. The molecule has 1 aliphatic heterocycles. The molecule has 1 fully saturated rings. The zero-order valence-electron chi connectivity index (χ0n) is 14.3. The molecule has 0 aromatic heterocycles. The minimum atomic E-state index is -0.203. The summed E-state index contributed by atoms with van der Waals surface area (Å²) in [5.74, 6) is 1.32. The molecule has 4 nitrogen and oxygen atoms in total. The Morgan fingerprint density at radius 1 is 1.21 bits per heavy atom. The largest absolute Gasteiger partial charge is 0.496 e. The summed E-state index contributed by atoms with van der Waals surface area (Å²) in [5.41, 5.74) is 6.57. The predicted molar refractivity (Wildman–Crippen MR) is 97.3 cm³/mol. The van der Waals surface area contributed by atoms with Gasteiger partial charge in [0.1, 0.15) is 5.75 Å². The van der Waals surface area contributed by atoms with Crippen LogP contribution in [-0.2, 0) is 4.79 Å². The van der Waals surface area contributed by atoms with Crippen molar-refractivity contribution in [3.63, 3.8) is 0 Å². The lowest BCUT2D eigenvalue weighted by Crippen LogP contribution is -2.34. The molecule has 4 heteroatoms. The molecular weight excluding hydrogens is 300 g/mol. The van der Waals surface area contributed by atoms with E-state index in [1.807, 2.05) is 0 Å². The summed E-state index contributed by atoms with van der Waals surface area (Å²) in [5, 5.41) is 2.58. The molecule has 1 amide bonds. The summed E-state index contributed by atoms with van der Waals surface area (Å²) < 4.78 is 5.66. The SMILES string of the molecule is COc1ccc2ccccc2c1C1CCN(CCCC(N)=O)CC1. The number of primary amides is 1. The first-order valence-corrected chi connectivity index (χ1v) is 8.75. The molecular formula is C20H26N2O2. The van der Waals surface area contributed by atoms with Crippen molar-refractivity contribution in [2.75, 3.05) is 26.7 Å². The standard InChI is InChI=1S/C20H26N2O2/c1-24-18-9-8-15-5-2-3-6-17(15)20(18)16-10-13-22(14-11-16)12-4-7-19(21)23/h2-3,5-6,8-9,16H,4,7,10-14H2,1H3,(H2,21,23). The predicted octanol–water partition coefficient (Wildman–Crippen LogP) is 3.29. The van der Waals surface area contributed by atoms with E-state index in [0.29, 0.717) is 12.3 Å². The number of hydrogen-bond acceptors (Lipinski definition) is 3. The molecule has 0 atom stereocenters. The van der Waals surface area contributed by atoms with Gasteiger partial charge >= 0.3 is 0 Å². The first-order chi connectivity index (χ1) is 11.7. The van der Waals surface area contributed by atoms with Gasteiger partial charge in [-0.3, -0.25) is 4.79 Å². The maximum Gasteiger partial charge on any atom is 0.217 e. The van der Waals surface area contributed by atoms with Crippen molar-refractivity contribution in [1.29, 1.82) is 0 Å². The van der Waals surface area contributed by atoms with Crippen molar-refractivity contribution in [3.8, 4) is 5.75 Å². The van der Waals surface area contributed by atoms with E-state index < -0.39 is 0 Å². The van der Waals surface area contributed by atoms with Gasteiger partial charge in [-0.25, -0.2) is 0 Å².